The second kappa shape index (κ2) is 3.73. The lowest BCUT2D eigenvalue weighted by atomic mass is 10.0. The van der Waals surface area contributed by atoms with Gasteiger partial charge in [-0.15, -0.1) is 0 Å². The molecule has 0 aliphatic heterocycles. The van der Waals surface area contributed by atoms with Crippen LogP contribution in [0.4, 0.5) is 0 Å². The minimum absolute atomic E-state index is 0.0194. The first-order chi connectivity index (χ1) is 7.71. The number of benzene rings is 1. The molecular weight excluding hydrogens is 255 g/mol. The second-order valence-electron chi connectivity index (χ2n) is 5.84. The highest BCUT2D eigenvalue weighted by molar-refractivity contribution is 6.44. The summed E-state index contributed by atoms with van der Waals surface area (Å²) >= 11 is 12.0. The molecule has 0 aromatic heterocycles. The molecule has 1 saturated carbocycles. The summed E-state index contributed by atoms with van der Waals surface area (Å²) in [4.78, 5) is 12.5. The zero-order valence-electron chi connectivity index (χ0n) is 10.5. The van der Waals surface area contributed by atoms with E-state index < -0.39 is 0 Å². The highest BCUT2D eigenvalue weighted by Gasteiger charge is 2.68. The van der Waals surface area contributed by atoms with Crippen molar-refractivity contribution in [3.63, 3.8) is 0 Å². The third-order valence-corrected chi connectivity index (χ3v) is 5.32. The Kier molecular flexibility index (Phi) is 2.83. The SMILES string of the molecule is CC1(C)C(C(=O)c2cccc(Cl)c2Cl)C1(C)C. The number of hydrogen-bond acceptors (Lipinski definition) is 1. The molecule has 0 unspecified atom stereocenters. The topological polar surface area (TPSA) is 17.1 Å². The summed E-state index contributed by atoms with van der Waals surface area (Å²) < 4.78 is 0. The summed E-state index contributed by atoms with van der Waals surface area (Å²) in [6.45, 7) is 8.48. The molecule has 1 aromatic rings. The van der Waals surface area contributed by atoms with E-state index in [0.29, 0.717) is 15.6 Å². The largest absolute Gasteiger partial charge is 0.294 e. The Balaban J connectivity index is 2.38. The van der Waals surface area contributed by atoms with Gasteiger partial charge in [-0.25, -0.2) is 0 Å². The molecule has 3 heteroatoms. The molecule has 0 atom stereocenters. The van der Waals surface area contributed by atoms with E-state index in [0.717, 1.165) is 0 Å². The van der Waals surface area contributed by atoms with Gasteiger partial charge in [-0.1, -0.05) is 57.0 Å². The summed E-state index contributed by atoms with van der Waals surface area (Å²) in [5, 5.41) is 0.812. The molecular formula is C14H16Cl2O. The number of halogens is 2. The first-order valence-corrected chi connectivity index (χ1v) is 6.45. The van der Waals surface area contributed by atoms with E-state index in [1.165, 1.54) is 0 Å². The smallest absolute Gasteiger partial charge is 0.168 e. The van der Waals surface area contributed by atoms with Crippen molar-refractivity contribution in [2.45, 2.75) is 27.7 Å². The van der Waals surface area contributed by atoms with Gasteiger partial charge in [0.15, 0.2) is 5.78 Å². The first kappa shape index (κ1) is 12.9. The van der Waals surface area contributed by atoms with Crippen molar-refractivity contribution < 1.29 is 4.79 Å². The van der Waals surface area contributed by atoms with Crippen LogP contribution in [0.5, 0.6) is 0 Å². The van der Waals surface area contributed by atoms with Gasteiger partial charge in [-0.2, -0.15) is 0 Å². The highest BCUT2D eigenvalue weighted by Crippen LogP contribution is 2.69. The fourth-order valence-electron chi connectivity index (χ4n) is 2.70. The molecule has 92 valence electrons. The number of hydrogen-bond donors (Lipinski definition) is 0. The summed E-state index contributed by atoms with van der Waals surface area (Å²) in [5.41, 5.74) is 0.591. The lowest BCUT2D eigenvalue weighted by molar-refractivity contribution is 0.0945. The molecule has 0 saturated heterocycles. The number of rotatable bonds is 2. The molecule has 1 aliphatic carbocycles. The van der Waals surface area contributed by atoms with E-state index in [4.69, 9.17) is 23.2 Å². The summed E-state index contributed by atoms with van der Waals surface area (Å²) in [5.74, 6) is 0.124. The standard InChI is InChI=1S/C14H16Cl2O/c1-13(2)12(14(13,3)4)11(17)8-6-5-7-9(15)10(8)16/h5-7,12H,1-4H3. The fraction of sp³-hybridized carbons (Fsp3) is 0.500. The summed E-state index contributed by atoms with van der Waals surface area (Å²) in [7, 11) is 0. The van der Waals surface area contributed by atoms with Crippen LogP contribution in [-0.4, -0.2) is 5.78 Å². The molecule has 2 rings (SSSR count). The molecule has 1 aromatic carbocycles. The van der Waals surface area contributed by atoms with Crippen LogP contribution >= 0.6 is 23.2 Å². The first-order valence-electron chi connectivity index (χ1n) is 5.69. The van der Waals surface area contributed by atoms with E-state index in [1.807, 2.05) is 0 Å². The fourth-order valence-corrected chi connectivity index (χ4v) is 3.10. The highest BCUT2D eigenvalue weighted by atomic mass is 35.5. The van der Waals surface area contributed by atoms with E-state index in [1.54, 1.807) is 18.2 Å². The predicted octanol–water partition coefficient (Wildman–Crippen LogP) is 4.86. The molecule has 0 amide bonds. The normalized spacial score (nSPS) is 21.3. The van der Waals surface area contributed by atoms with Crippen molar-refractivity contribution in [1.82, 2.24) is 0 Å². The quantitative estimate of drug-likeness (QED) is 0.702. The van der Waals surface area contributed by atoms with Crippen molar-refractivity contribution in [2.75, 3.05) is 0 Å². The van der Waals surface area contributed by atoms with Gasteiger partial charge in [-0.3, -0.25) is 4.79 Å². The average molecular weight is 271 g/mol. The van der Waals surface area contributed by atoms with Gasteiger partial charge in [0.1, 0.15) is 0 Å². The monoisotopic (exact) mass is 270 g/mol. The van der Waals surface area contributed by atoms with Gasteiger partial charge < -0.3 is 0 Å². The molecule has 1 nitrogen and oxygen atoms in total. The van der Waals surface area contributed by atoms with Crippen molar-refractivity contribution in [2.24, 2.45) is 16.7 Å². The Hall–Kier alpha value is -0.530. The average Bonchev–Trinajstić information content (AvgIpc) is 2.61. The van der Waals surface area contributed by atoms with Crippen molar-refractivity contribution in [3.8, 4) is 0 Å². The Bertz CT molecular complexity index is 475. The second-order valence-corrected chi connectivity index (χ2v) is 6.63. The molecule has 0 heterocycles. The predicted molar refractivity (Wildman–Crippen MR) is 71.8 cm³/mol. The molecule has 0 bridgehead atoms. The van der Waals surface area contributed by atoms with E-state index in [-0.39, 0.29) is 22.5 Å². The molecule has 17 heavy (non-hydrogen) atoms. The van der Waals surface area contributed by atoms with Crippen LogP contribution in [0.2, 0.25) is 10.0 Å². The molecule has 0 spiro atoms. The van der Waals surface area contributed by atoms with E-state index in [9.17, 15) is 4.79 Å². The Morgan fingerprint density at radius 2 is 1.65 bits per heavy atom. The van der Waals surface area contributed by atoms with Crippen LogP contribution in [0.15, 0.2) is 18.2 Å². The number of carbonyl (C=O) groups is 1. The maximum absolute atomic E-state index is 12.5. The van der Waals surface area contributed by atoms with Crippen molar-refractivity contribution in [1.29, 1.82) is 0 Å². The maximum atomic E-state index is 12.5. The van der Waals surface area contributed by atoms with Crippen LogP contribution in [0.25, 0.3) is 0 Å². The number of ketones is 1. The van der Waals surface area contributed by atoms with Gasteiger partial charge >= 0.3 is 0 Å². The third kappa shape index (κ3) is 1.71. The lowest BCUT2D eigenvalue weighted by Gasteiger charge is -2.06. The number of carbonyl (C=O) groups excluding carboxylic acids is 1. The lowest BCUT2D eigenvalue weighted by Crippen LogP contribution is -2.08. The van der Waals surface area contributed by atoms with Gasteiger partial charge in [0.2, 0.25) is 0 Å². The minimum Gasteiger partial charge on any atom is -0.294 e. The van der Waals surface area contributed by atoms with Gasteiger partial charge in [0.25, 0.3) is 0 Å². The van der Waals surface area contributed by atoms with E-state index in [2.05, 4.69) is 27.7 Å². The summed E-state index contributed by atoms with van der Waals surface area (Å²) in [6.07, 6.45) is 0. The molecule has 1 aliphatic rings. The third-order valence-electron chi connectivity index (χ3n) is 4.50. The van der Waals surface area contributed by atoms with Gasteiger partial charge in [0.05, 0.1) is 10.0 Å². The number of Topliss-reactive ketones (excluding diaryl/α,β-unsaturated/α-hetero) is 1. The van der Waals surface area contributed by atoms with Crippen molar-refractivity contribution in [3.05, 3.63) is 33.8 Å². The molecule has 0 N–H and O–H groups in total. The maximum Gasteiger partial charge on any atom is 0.168 e. The zero-order chi connectivity index (χ0) is 13.0. The Morgan fingerprint density at radius 1 is 1.12 bits per heavy atom. The molecule has 0 radical (unpaired) electrons. The zero-order valence-corrected chi connectivity index (χ0v) is 12.0. The van der Waals surface area contributed by atoms with Crippen molar-refractivity contribution >= 4 is 29.0 Å². The van der Waals surface area contributed by atoms with Crippen LogP contribution in [0, 0.1) is 16.7 Å². The minimum atomic E-state index is 0.0194. The van der Waals surface area contributed by atoms with Crippen LogP contribution in [-0.2, 0) is 0 Å². The van der Waals surface area contributed by atoms with Gasteiger partial charge in [0, 0.05) is 11.5 Å². The Labute approximate surface area is 112 Å². The molecule has 1 fully saturated rings. The summed E-state index contributed by atoms with van der Waals surface area (Å²) in [6, 6.07) is 5.22. The van der Waals surface area contributed by atoms with Gasteiger partial charge in [-0.05, 0) is 23.0 Å². The Morgan fingerprint density at radius 3 is 2.12 bits per heavy atom. The van der Waals surface area contributed by atoms with Crippen LogP contribution in [0.3, 0.4) is 0 Å². The van der Waals surface area contributed by atoms with Crippen LogP contribution in [0.1, 0.15) is 38.1 Å². The van der Waals surface area contributed by atoms with E-state index >= 15 is 0 Å². The van der Waals surface area contributed by atoms with Crippen LogP contribution < -0.4 is 0 Å².